The second-order valence-corrected chi connectivity index (χ2v) is 8.43. The molecular formula is C24H21N5O2S. The van der Waals surface area contributed by atoms with Gasteiger partial charge in [-0.1, -0.05) is 30.3 Å². The molecule has 8 heteroatoms. The van der Waals surface area contributed by atoms with Crippen LogP contribution >= 0.6 is 11.3 Å². The molecule has 0 saturated carbocycles. The Hall–Kier alpha value is -3.91. The van der Waals surface area contributed by atoms with Gasteiger partial charge in [0, 0.05) is 35.9 Å². The maximum atomic E-state index is 13.1. The Bertz CT molecular complexity index is 1350. The molecule has 0 aliphatic heterocycles. The molecule has 0 bridgehead atoms. The van der Waals surface area contributed by atoms with Gasteiger partial charge in [-0.2, -0.15) is 0 Å². The van der Waals surface area contributed by atoms with Crippen molar-refractivity contribution in [3.63, 3.8) is 0 Å². The Kier molecular flexibility index (Phi) is 5.43. The lowest BCUT2D eigenvalue weighted by molar-refractivity contribution is -0.123. The van der Waals surface area contributed by atoms with E-state index < -0.39 is 6.04 Å². The van der Waals surface area contributed by atoms with Crippen LogP contribution in [0.5, 0.6) is 0 Å². The second kappa shape index (κ2) is 8.68. The Balaban J connectivity index is 1.35. The molecule has 0 spiro atoms. The fraction of sp³-hybridized carbons (Fsp3) is 0.125. The first-order valence-electron chi connectivity index (χ1n) is 10.3. The SMILES string of the molecule is O=C(N[C@H](Cc1c[nH]c2ccccc12)C(=O)NCc1cn2ccccc2n1)c1cccs1. The number of carbonyl (C=O) groups is 2. The Morgan fingerprint density at radius 2 is 1.97 bits per heavy atom. The Labute approximate surface area is 188 Å². The van der Waals surface area contributed by atoms with E-state index in [0.29, 0.717) is 11.3 Å². The number of H-pyrrole nitrogens is 1. The van der Waals surface area contributed by atoms with Gasteiger partial charge in [-0.25, -0.2) is 4.98 Å². The van der Waals surface area contributed by atoms with Gasteiger partial charge >= 0.3 is 0 Å². The van der Waals surface area contributed by atoms with Gasteiger partial charge in [0.25, 0.3) is 5.91 Å². The van der Waals surface area contributed by atoms with Crippen molar-refractivity contribution in [2.45, 2.75) is 19.0 Å². The molecule has 7 nitrogen and oxygen atoms in total. The predicted molar refractivity (Wildman–Crippen MR) is 125 cm³/mol. The number of aromatic amines is 1. The van der Waals surface area contributed by atoms with Crippen molar-refractivity contribution in [2.24, 2.45) is 0 Å². The van der Waals surface area contributed by atoms with E-state index in [9.17, 15) is 9.59 Å². The molecule has 32 heavy (non-hydrogen) atoms. The number of aromatic nitrogens is 3. The summed E-state index contributed by atoms with van der Waals surface area (Å²) in [5.74, 6) is -0.509. The third-order valence-corrected chi connectivity index (χ3v) is 6.19. The fourth-order valence-corrected chi connectivity index (χ4v) is 4.37. The number of hydrogen-bond donors (Lipinski definition) is 3. The molecule has 5 aromatic rings. The standard InChI is InChI=1S/C24H21N5O2S/c30-23(26-14-17-15-29-10-4-3-9-22(29)27-17)20(28-24(31)21-8-5-11-32-21)12-16-13-25-19-7-2-1-6-18(16)19/h1-11,13,15,20,25H,12,14H2,(H,26,30)(H,28,31)/t20-/m1/s1. The van der Waals surface area contributed by atoms with Crippen molar-refractivity contribution in [2.75, 3.05) is 0 Å². The number of nitrogens with zero attached hydrogens (tertiary/aromatic N) is 2. The first kappa shape index (κ1) is 20.0. The molecule has 2 amide bonds. The van der Waals surface area contributed by atoms with Gasteiger partial charge in [0.05, 0.1) is 17.1 Å². The zero-order valence-corrected chi connectivity index (χ0v) is 17.9. The fourth-order valence-electron chi connectivity index (χ4n) is 3.74. The summed E-state index contributed by atoms with van der Waals surface area (Å²) < 4.78 is 1.91. The minimum absolute atomic E-state index is 0.253. The normalized spacial score (nSPS) is 12.1. The topological polar surface area (TPSA) is 91.3 Å². The Morgan fingerprint density at radius 3 is 2.81 bits per heavy atom. The molecule has 0 radical (unpaired) electrons. The summed E-state index contributed by atoms with van der Waals surface area (Å²) in [7, 11) is 0. The third kappa shape index (κ3) is 4.13. The zero-order chi connectivity index (χ0) is 21.9. The minimum atomic E-state index is -0.721. The summed E-state index contributed by atoms with van der Waals surface area (Å²) in [4.78, 5) is 34.2. The van der Waals surface area contributed by atoms with Gasteiger partial charge in [0.1, 0.15) is 11.7 Å². The highest BCUT2D eigenvalue weighted by Crippen LogP contribution is 2.19. The van der Waals surface area contributed by atoms with Crippen LogP contribution in [-0.2, 0) is 17.8 Å². The molecule has 0 saturated heterocycles. The van der Waals surface area contributed by atoms with E-state index >= 15 is 0 Å². The number of rotatable bonds is 7. The maximum Gasteiger partial charge on any atom is 0.262 e. The van der Waals surface area contributed by atoms with Gasteiger partial charge in [-0.15, -0.1) is 11.3 Å². The van der Waals surface area contributed by atoms with Crippen molar-refractivity contribution < 1.29 is 9.59 Å². The van der Waals surface area contributed by atoms with Gasteiger partial charge in [-0.3, -0.25) is 9.59 Å². The molecule has 0 aliphatic carbocycles. The van der Waals surface area contributed by atoms with E-state index in [1.165, 1.54) is 11.3 Å². The van der Waals surface area contributed by atoms with Crippen LogP contribution in [-0.4, -0.2) is 32.2 Å². The van der Waals surface area contributed by atoms with Crippen LogP contribution in [0.15, 0.2) is 78.6 Å². The first-order valence-corrected chi connectivity index (χ1v) is 11.1. The number of thiophene rings is 1. The minimum Gasteiger partial charge on any atom is -0.361 e. The largest absolute Gasteiger partial charge is 0.361 e. The summed E-state index contributed by atoms with van der Waals surface area (Å²) in [6.07, 6.45) is 6.06. The predicted octanol–water partition coefficient (Wildman–Crippen LogP) is 3.53. The molecule has 5 rings (SSSR count). The van der Waals surface area contributed by atoms with Crippen LogP contribution in [0.2, 0.25) is 0 Å². The zero-order valence-electron chi connectivity index (χ0n) is 17.1. The summed E-state index contributed by atoms with van der Waals surface area (Å²) in [5.41, 5.74) is 3.54. The molecule has 4 aromatic heterocycles. The number of nitrogens with one attached hydrogen (secondary N) is 3. The number of para-hydroxylation sites is 1. The number of amides is 2. The monoisotopic (exact) mass is 443 g/mol. The average Bonchev–Trinajstić information content (AvgIpc) is 3.56. The van der Waals surface area contributed by atoms with Crippen molar-refractivity contribution in [3.8, 4) is 0 Å². The maximum absolute atomic E-state index is 13.1. The average molecular weight is 444 g/mol. The Morgan fingerprint density at radius 1 is 1.09 bits per heavy atom. The number of benzene rings is 1. The van der Waals surface area contributed by atoms with Crippen LogP contribution in [0.4, 0.5) is 0 Å². The first-order chi connectivity index (χ1) is 15.7. The smallest absolute Gasteiger partial charge is 0.262 e. The van der Waals surface area contributed by atoms with E-state index in [-0.39, 0.29) is 18.4 Å². The lowest BCUT2D eigenvalue weighted by Crippen LogP contribution is -2.47. The molecule has 0 aliphatic rings. The van der Waals surface area contributed by atoms with Crippen molar-refractivity contribution >= 4 is 39.7 Å². The van der Waals surface area contributed by atoms with Crippen LogP contribution in [0.25, 0.3) is 16.6 Å². The van der Waals surface area contributed by atoms with Crippen LogP contribution in [0.1, 0.15) is 20.9 Å². The van der Waals surface area contributed by atoms with E-state index in [1.54, 1.807) is 6.07 Å². The van der Waals surface area contributed by atoms with Crippen molar-refractivity contribution in [1.29, 1.82) is 0 Å². The number of hydrogen-bond acceptors (Lipinski definition) is 4. The molecule has 1 aromatic carbocycles. The van der Waals surface area contributed by atoms with Crippen molar-refractivity contribution in [3.05, 3.63) is 94.7 Å². The molecule has 0 unspecified atom stereocenters. The highest BCUT2D eigenvalue weighted by atomic mass is 32.1. The van der Waals surface area contributed by atoms with E-state index in [0.717, 1.165) is 27.8 Å². The summed E-state index contributed by atoms with van der Waals surface area (Å²) in [5, 5.41) is 8.72. The summed E-state index contributed by atoms with van der Waals surface area (Å²) >= 11 is 1.35. The molecule has 1 atom stereocenters. The highest BCUT2D eigenvalue weighted by molar-refractivity contribution is 7.12. The van der Waals surface area contributed by atoms with Gasteiger partial charge in [0.15, 0.2) is 0 Å². The summed E-state index contributed by atoms with van der Waals surface area (Å²) in [6.45, 7) is 0.278. The van der Waals surface area contributed by atoms with E-state index in [4.69, 9.17) is 0 Å². The number of pyridine rings is 1. The van der Waals surface area contributed by atoms with Crippen molar-refractivity contribution in [1.82, 2.24) is 25.0 Å². The van der Waals surface area contributed by atoms with Gasteiger partial charge in [-0.05, 0) is 35.2 Å². The van der Waals surface area contributed by atoms with E-state index in [1.807, 2.05) is 76.9 Å². The molecular weight excluding hydrogens is 422 g/mol. The van der Waals surface area contributed by atoms with Gasteiger partial charge < -0.3 is 20.0 Å². The molecule has 3 N–H and O–H groups in total. The lowest BCUT2D eigenvalue weighted by Gasteiger charge is -2.18. The third-order valence-electron chi connectivity index (χ3n) is 5.32. The molecule has 0 fully saturated rings. The number of fused-ring (bicyclic) bond motifs is 2. The van der Waals surface area contributed by atoms with Crippen LogP contribution < -0.4 is 10.6 Å². The molecule has 160 valence electrons. The highest BCUT2D eigenvalue weighted by Gasteiger charge is 2.23. The van der Waals surface area contributed by atoms with E-state index in [2.05, 4.69) is 20.6 Å². The second-order valence-electron chi connectivity index (χ2n) is 7.48. The lowest BCUT2D eigenvalue weighted by atomic mass is 10.0. The number of imidazole rings is 1. The van der Waals surface area contributed by atoms with Crippen LogP contribution in [0.3, 0.4) is 0 Å². The number of carbonyl (C=O) groups excluding carboxylic acids is 2. The summed E-state index contributed by atoms with van der Waals surface area (Å²) in [6, 6.07) is 16.5. The van der Waals surface area contributed by atoms with Crippen LogP contribution in [0, 0.1) is 0 Å². The molecule has 4 heterocycles. The van der Waals surface area contributed by atoms with Gasteiger partial charge in [0.2, 0.25) is 5.91 Å². The quantitative estimate of drug-likeness (QED) is 0.359.